The number of halogens is 1. The van der Waals surface area contributed by atoms with Gasteiger partial charge in [-0.1, -0.05) is 19.9 Å². The summed E-state index contributed by atoms with van der Waals surface area (Å²) >= 11 is 2.24. The highest BCUT2D eigenvalue weighted by Gasteiger charge is 2.09. The molecular formula is C11H13IO2. The van der Waals surface area contributed by atoms with E-state index in [1.807, 2.05) is 18.2 Å². The van der Waals surface area contributed by atoms with Crippen molar-refractivity contribution in [2.75, 3.05) is 7.11 Å². The van der Waals surface area contributed by atoms with Crippen LogP contribution in [0.25, 0.3) is 0 Å². The number of rotatable bonds is 2. The van der Waals surface area contributed by atoms with Gasteiger partial charge in [0.1, 0.15) is 0 Å². The van der Waals surface area contributed by atoms with E-state index in [9.17, 15) is 4.79 Å². The topological polar surface area (TPSA) is 26.3 Å². The second-order valence-electron chi connectivity index (χ2n) is 3.38. The predicted molar refractivity (Wildman–Crippen MR) is 64.6 cm³/mol. The molecule has 0 radical (unpaired) electrons. The van der Waals surface area contributed by atoms with Crippen molar-refractivity contribution in [1.29, 1.82) is 0 Å². The average molecular weight is 304 g/mol. The maximum absolute atomic E-state index is 11.2. The molecule has 1 aromatic rings. The largest absolute Gasteiger partial charge is 0.465 e. The molecule has 0 atom stereocenters. The molecule has 0 unspecified atom stereocenters. The van der Waals surface area contributed by atoms with E-state index in [-0.39, 0.29) is 5.97 Å². The van der Waals surface area contributed by atoms with Crippen LogP contribution < -0.4 is 0 Å². The van der Waals surface area contributed by atoms with Crippen LogP contribution >= 0.6 is 22.6 Å². The lowest BCUT2D eigenvalue weighted by Crippen LogP contribution is -2.03. The van der Waals surface area contributed by atoms with Crippen molar-refractivity contribution in [2.24, 2.45) is 0 Å². The van der Waals surface area contributed by atoms with Crippen LogP contribution in [0, 0.1) is 3.57 Å². The Bertz CT molecular complexity index is 345. The second kappa shape index (κ2) is 4.77. The lowest BCUT2D eigenvalue weighted by atomic mass is 10.0. The van der Waals surface area contributed by atoms with Gasteiger partial charge in [-0.05, 0) is 46.2 Å². The minimum Gasteiger partial charge on any atom is -0.465 e. The van der Waals surface area contributed by atoms with Crippen LogP contribution in [0.5, 0.6) is 0 Å². The first-order valence-corrected chi connectivity index (χ1v) is 5.52. The van der Waals surface area contributed by atoms with Gasteiger partial charge >= 0.3 is 5.97 Å². The third kappa shape index (κ3) is 2.47. The Hall–Kier alpha value is -0.580. The van der Waals surface area contributed by atoms with E-state index in [0.717, 1.165) is 3.57 Å². The molecule has 0 bridgehead atoms. The molecule has 76 valence electrons. The summed E-state index contributed by atoms with van der Waals surface area (Å²) < 4.78 is 5.76. The summed E-state index contributed by atoms with van der Waals surface area (Å²) in [5, 5.41) is 0. The highest BCUT2D eigenvalue weighted by molar-refractivity contribution is 14.1. The molecule has 1 aromatic carbocycles. The van der Waals surface area contributed by atoms with Gasteiger partial charge in [0.15, 0.2) is 0 Å². The molecule has 0 aliphatic heterocycles. The number of carbonyl (C=O) groups excluding carboxylic acids is 1. The molecule has 0 saturated heterocycles. The fourth-order valence-corrected chi connectivity index (χ4v) is 2.38. The first-order chi connectivity index (χ1) is 6.56. The molecule has 1 rings (SSSR count). The molecule has 14 heavy (non-hydrogen) atoms. The normalized spacial score (nSPS) is 10.4. The van der Waals surface area contributed by atoms with Crippen LogP contribution in [0.1, 0.15) is 35.7 Å². The van der Waals surface area contributed by atoms with E-state index < -0.39 is 0 Å². The molecule has 0 heterocycles. The molecule has 0 spiro atoms. The quantitative estimate of drug-likeness (QED) is 0.619. The molecular weight excluding hydrogens is 291 g/mol. The number of carbonyl (C=O) groups is 1. The Morgan fingerprint density at radius 1 is 1.43 bits per heavy atom. The summed E-state index contributed by atoms with van der Waals surface area (Å²) in [6, 6.07) is 5.66. The Balaban J connectivity index is 3.06. The predicted octanol–water partition coefficient (Wildman–Crippen LogP) is 3.20. The molecule has 0 aromatic heterocycles. The number of benzene rings is 1. The van der Waals surface area contributed by atoms with Crippen molar-refractivity contribution in [1.82, 2.24) is 0 Å². The molecule has 3 heteroatoms. The van der Waals surface area contributed by atoms with Crippen molar-refractivity contribution >= 4 is 28.6 Å². The number of hydrogen-bond acceptors (Lipinski definition) is 2. The smallest absolute Gasteiger partial charge is 0.337 e. The molecule has 0 amide bonds. The number of methoxy groups -OCH3 is 1. The van der Waals surface area contributed by atoms with Crippen LogP contribution in [-0.2, 0) is 4.74 Å². The third-order valence-corrected chi connectivity index (χ3v) is 2.98. The van der Waals surface area contributed by atoms with Crippen LogP contribution in [-0.4, -0.2) is 13.1 Å². The Kier molecular flexibility index (Phi) is 3.92. The SMILES string of the molecule is COC(=O)c1ccc(C(C)C)c(I)c1. The van der Waals surface area contributed by atoms with Gasteiger partial charge in [-0.3, -0.25) is 0 Å². The van der Waals surface area contributed by atoms with Crippen molar-refractivity contribution < 1.29 is 9.53 Å². The van der Waals surface area contributed by atoms with Gasteiger partial charge in [0.05, 0.1) is 12.7 Å². The van der Waals surface area contributed by atoms with Crippen LogP contribution in [0.15, 0.2) is 18.2 Å². The molecule has 0 saturated carbocycles. The number of hydrogen-bond donors (Lipinski definition) is 0. The van der Waals surface area contributed by atoms with Crippen LogP contribution in [0.4, 0.5) is 0 Å². The van der Waals surface area contributed by atoms with Crippen molar-refractivity contribution in [3.05, 3.63) is 32.9 Å². The molecule has 0 aliphatic rings. The van der Waals surface area contributed by atoms with E-state index in [1.165, 1.54) is 12.7 Å². The van der Waals surface area contributed by atoms with Gasteiger partial charge in [-0.15, -0.1) is 0 Å². The molecule has 0 fully saturated rings. The van der Waals surface area contributed by atoms with Crippen molar-refractivity contribution in [3.63, 3.8) is 0 Å². The molecule has 2 nitrogen and oxygen atoms in total. The highest BCUT2D eigenvalue weighted by Crippen LogP contribution is 2.22. The van der Waals surface area contributed by atoms with Crippen molar-refractivity contribution in [3.8, 4) is 0 Å². The van der Waals surface area contributed by atoms with Gasteiger partial charge in [-0.2, -0.15) is 0 Å². The van der Waals surface area contributed by atoms with E-state index in [2.05, 4.69) is 41.2 Å². The lowest BCUT2D eigenvalue weighted by Gasteiger charge is -2.09. The number of esters is 1. The summed E-state index contributed by atoms with van der Waals surface area (Å²) in [7, 11) is 1.39. The lowest BCUT2D eigenvalue weighted by molar-refractivity contribution is 0.0600. The van der Waals surface area contributed by atoms with E-state index in [1.54, 1.807) is 0 Å². The summed E-state index contributed by atoms with van der Waals surface area (Å²) in [6.07, 6.45) is 0. The number of ether oxygens (including phenoxy) is 1. The Labute approximate surface area is 97.8 Å². The second-order valence-corrected chi connectivity index (χ2v) is 4.54. The van der Waals surface area contributed by atoms with Crippen LogP contribution in [0.3, 0.4) is 0 Å². The van der Waals surface area contributed by atoms with Crippen LogP contribution in [0.2, 0.25) is 0 Å². The van der Waals surface area contributed by atoms with Gasteiger partial charge in [0.25, 0.3) is 0 Å². The standard InChI is InChI=1S/C11H13IO2/c1-7(2)9-5-4-8(6-10(9)12)11(13)14-3/h4-7H,1-3H3. The summed E-state index contributed by atoms with van der Waals surface area (Å²) in [4.78, 5) is 11.2. The molecule has 0 aliphatic carbocycles. The Morgan fingerprint density at radius 2 is 2.07 bits per heavy atom. The zero-order chi connectivity index (χ0) is 10.7. The monoisotopic (exact) mass is 304 g/mol. The fraction of sp³-hybridized carbons (Fsp3) is 0.364. The zero-order valence-corrected chi connectivity index (χ0v) is 10.7. The Morgan fingerprint density at radius 3 is 2.50 bits per heavy atom. The third-order valence-electron chi connectivity index (χ3n) is 2.04. The van der Waals surface area contributed by atoms with E-state index in [0.29, 0.717) is 11.5 Å². The van der Waals surface area contributed by atoms with E-state index >= 15 is 0 Å². The van der Waals surface area contributed by atoms with Crippen molar-refractivity contribution in [2.45, 2.75) is 19.8 Å². The van der Waals surface area contributed by atoms with Gasteiger partial charge in [-0.25, -0.2) is 4.79 Å². The van der Waals surface area contributed by atoms with Gasteiger partial charge in [0.2, 0.25) is 0 Å². The first kappa shape index (κ1) is 11.5. The summed E-state index contributed by atoms with van der Waals surface area (Å²) in [5.74, 6) is 0.201. The zero-order valence-electron chi connectivity index (χ0n) is 8.50. The minimum atomic E-state index is -0.279. The molecule has 0 N–H and O–H groups in total. The maximum Gasteiger partial charge on any atom is 0.337 e. The first-order valence-electron chi connectivity index (χ1n) is 4.44. The maximum atomic E-state index is 11.2. The average Bonchev–Trinajstić information content (AvgIpc) is 2.15. The highest BCUT2D eigenvalue weighted by atomic mass is 127. The summed E-state index contributed by atoms with van der Waals surface area (Å²) in [5.41, 5.74) is 1.87. The fourth-order valence-electron chi connectivity index (χ4n) is 1.24. The summed E-state index contributed by atoms with van der Waals surface area (Å²) in [6.45, 7) is 4.27. The van der Waals surface area contributed by atoms with Gasteiger partial charge < -0.3 is 4.74 Å². The van der Waals surface area contributed by atoms with Gasteiger partial charge in [0, 0.05) is 3.57 Å². The van der Waals surface area contributed by atoms with E-state index in [4.69, 9.17) is 0 Å². The minimum absolute atomic E-state index is 0.279.